The van der Waals surface area contributed by atoms with Crippen molar-refractivity contribution in [2.45, 2.75) is 19.8 Å². The Labute approximate surface area is 64.4 Å². The molecule has 1 aliphatic rings. The lowest BCUT2D eigenvalue weighted by Gasteiger charge is -2.06. The van der Waals surface area contributed by atoms with E-state index in [1.165, 1.54) is 0 Å². The van der Waals surface area contributed by atoms with Crippen LogP contribution < -0.4 is 0 Å². The van der Waals surface area contributed by atoms with E-state index in [9.17, 15) is 0 Å². The van der Waals surface area contributed by atoms with E-state index in [0.29, 0.717) is 5.17 Å². The minimum Gasteiger partial charge on any atom is -0.245 e. The van der Waals surface area contributed by atoms with E-state index in [4.69, 9.17) is 23.2 Å². The molecular formula is C6H7Cl2N. The minimum absolute atomic E-state index is 0.664. The smallest absolute Gasteiger partial charge is 0.106 e. The number of hydrogen-bond donors (Lipinski definition) is 0. The summed E-state index contributed by atoms with van der Waals surface area (Å²) in [7, 11) is 0. The molecule has 0 atom stereocenters. The molecule has 1 aliphatic heterocycles. The Hall–Kier alpha value is -0.0100. The summed E-state index contributed by atoms with van der Waals surface area (Å²) in [6.07, 6.45) is 1.63. The van der Waals surface area contributed by atoms with Crippen molar-refractivity contribution in [3.05, 3.63) is 10.7 Å². The second-order valence-corrected chi connectivity index (χ2v) is 2.87. The van der Waals surface area contributed by atoms with Gasteiger partial charge in [-0.15, -0.1) is 0 Å². The van der Waals surface area contributed by atoms with Crippen LogP contribution in [0.1, 0.15) is 19.8 Å². The summed E-state index contributed by atoms with van der Waals surface area (Å²) in [4.78, 5) is 3.99. The van der Waals surface area contributed by atoms with Gasteiger partial charge in [-0.25, -0.2) is 4.99 Å². The van der Waals surface area contributed by atoms with Gasteiger partial charge in [-0.1, -0.05) is 23.2 Å². The number of allylic oxidation sites excluding steroid dienone is 2. The highest BCUT2D eigenvalue weighted by molar-refractivity contribution is 6.65. The second-order valence-electron chi connectivity index (χ2n) is 1.98. The van der Waals surface area contributed by atoms with Gasteiger partial charge in [0.25, 0.3) is 0 Å². The summed E-state index contributed by atoms with van der Waals surface area (Å²) in [5.41, 5.74) is 0.855. The van der Waals surface area contributed by atoms with Crippen molar-refractivity contribution >= 4 is 28.4 Å². The average molecular weight is 164 g/mol. The van der Waals surface area contributed by atoms with Crippen molar-refractivity contribution < 1.29 is 0 Å². The van der Waals surface area contributed by atoms with E-state index < -0.39 is 0 Å². The van der Waals surface area contributed by atoms with Crippen LogP contribution in [0.15, 0.2) is 15.7 Å². The standard InChI is InChI=1S/C6H7Cl2N/c1-4-5(7)2-3-6(8)9-4/h2-3H2,1H3. The lowest BCUT2D eigenvalue weighted by molar-refractivity contribution is 1.01. The van der Waals surface area contributed by atoms with E-state index in [1.54, 1.807) is 0 Å². The van der Waals surface area contributed by atoms with Crippen molar-refractivity contribution in [1.29, 1.82) is 0 Å². The normalized spacial score (nSPS) is 20.1. The molecule has 1 heterocycles. The summed E-state index contributed by atoms with van der Waals surface area (Å²) < 4.78 is 0. The molecule has 1 nitrogen and oxygen atoms in total. The summed E-state index contributed by atoms with van der Waals surface area (Å²) in [5.74, 6) is 0. The van der Waals surface area contributed by atoms with E-state index >= 15 is 0 Å². The van der Waals surface area contributed by atoms with Gasteiger partial charge in [0.1, 0.15) is 5.17 Å². The van der Waals surface area contributed by atoms with Crippen LogP contribution in [0.5, 0.6) is 0 Å². The van der Waals surface area contributed by atoms with Crippen LogP contribution in [0.3, 0.4) is 0 Å². The van der Waals surface area contributed by atoms with Crippen LogP contribution in [0.25, 0.3) is 0 Å². The van der Waals surface area contributed by atoms with Crippen LogP contribution in [0, 0.1) is 0 Å². The molecule has 0 saturated carbocycles. The molecule has 0 amide bonds. The van der Waals surface area contributed by atoms with Gasteiger partial charge in [0.05, 0.1) is 5.70 Å². The minimum atomic E-state index is 0.664. The fraction of sp³-hybridized carbons (Fsp3) is 0.500. The Bertz CT molecular complexity index is 181. The largest absolute Gasteiger partial charge is 0.245 e. The summed E-state index contributed by atoms with van der Waals surface area (Å²) in [6, 6.07) is 0. The topological polar surface area (TPSA) is 12.4 Å². The lowest BCUT2D eigenvalue weighted by Crippen LogP contribution is -1.95. The van der Waals surface area contributed by atoms with Gasteiger partial charge < -0.3 is 0 Å². The molecule has 0 aromatic rings. The highest BCUT2D eigenvalue weighted by atomic mass is 35.5. The van der Waals surface area contributed by atoms with Gasteiger partial charge >= 0.3 is 0 Å². The van der Waals surface area contributed by atoms with Crippen molar-refractivity contribution in [1.82, 2.24) is 0 Å². The predicted octanol–water partition coefficient (Wildman–Crippen LogP) is 2.89. The zero-order valence-corrected chi connectivity index (χ0v) is 6.63. The van der Waals surface area contributed by atoms with E-state index in [-0.39, 0.29) is 0 Å². The molecule has 0 aliphatic carbocycles. The zero-order chi connectivity index (χ0) is 6.85. The number of rotatable bonds is 0. The van der Waals surface area contributed by atoms with Crippen LogP contribution in [0.4, 0.5) is 0 Å². The summed E-state index contributed by atoms with van der Waals surface area (Å²) >= 11 is 11.4. The highest BCUT2D eigenvalue weighted by Gasteiger charge is 2.07. The van der Waals surface area contributed by atoms with Crippen molar-refractivity contribution in [2.24, 2.45) is 4.99 Å². The van der Waals surface area contributed by atoms with Gasteiger partial charge in [-0.05, 0) is 13.3 Å². The molecule has 0 aromatic heterocycles. The first-order valence-electron chi connectivity index (χ1n) is 2.78. The third-order valence-electron chi connectivity index (χ3n) is 1.23. The Morgan fingerprint density at radius 2 is 2.00 bits per heavy atom. The molecule has 0 spiro atoms. The van der Waals surface area contributed by atoms with Crippen LogP contribution >= 0.6 is 23.2 Å². The maximum Gasteiger partial charge on any atom is 0.106 e. The third kappa shape index (κ3) is 1.70. The first-order valence-corrected chi connectivity index (χ1v) is 3.54. The molecule has 0 unspecified atom stereocenters. The molecule has 0 N–H and O–H groups in total. The first-order chi connectivity index (χ1) is 4.20. The van der Waals surface area contributed by atoms with Crippen LogP contribution in [-0.2, 0) is 0 Å². The Balaban J connectivity index is 2.83. The van der Waals surface area contributed by atoms with Crippen molar-refractivity contribution in [3.8, 4) is 0 Å². The van der Waals surface area contributed by atoms with Crippen molar-refractivity contribution in [2.75, 3.05) is 0 Å². The zero-order valence-electron chi connectivity index (χ0n) is 5.12. The quantitative estimate of drug-likeness (QED) is 0.521. The maximum atomic E-state index is 5.75. The van der Waals surface area contributed by atoms with Gasteiger partial charge in [0.15, 0.2) is 0 Å². The SMILES string of the molecule is CC1=C(Cl)CCC(Cl)=N1. The Kier molecular flexibility index (Phi) is 2.14. The number of hydrogen-bond acceptors (Lipinski definition) is 1. The molecule has 0 radical (unpaired) electrons. The van der Waals surface area contributed by atoms with Gasteiger partial charge in [0.2, 0.25) is 0 Å². The Morgan fingerprint density at radius 1 is 1.33 bits per heavy atom. The molecule has 0 aromatic carbocycles. The fourth-order valence-electron chi connectivity index (χ4n) is 0.692. The summed E-state index contributed by atoms with van der Waals surface area (Å²) in [5, 5.41) is 1.50. The van der Waals surface area contributed by atoms with Gasteiger partial charge in [0, 0.05) is 11.5 Å². The maximum absolute atomic E-state index is 5.75. The summed E-state index contributed by atoms with van der Waals surface area (Å²) in [6.45, 7) is 1.86. The Morgan fingerprint density at radius 3 is 2.44 bits per heavy atom. The average Bonchev–Trinajstić information content (AvgIpc) is 1.80. The number of halogens is 2. The molecule has 0 bridgehead atoms. The van der Waals surface area contributed by atoms with Crippen LogP contribution in [0.2, 0.25) is 0 Å². The van der Waals surface area contributed by atoms with E-state index in [1.807, 2.05) is 6.92 Å². The predicted molar refractivity (Wildman–Crippen MR) is 41.1 cm³/mol. The molecule has 9 heavy (non-hydrogen) atoms. The molecular weight excluding hydrogens is 157 g/mol. The number of aliphatic imine (C=N–C) groups is 1. The monoisotopic (exact) mass is 163 g/mol. The fourth-order valence-corrected chi connectivity index (χ4v) is 1.05. The van der Waals surface area contributed by atoms with Crippen LogP contribution in [-0.4, -0.2) is 5.17 Å². The number of nitrogens with zero attached hydrogens (tertiary/aromatic N) is 1. The third-order valence-corrected chi connectivity index (χ3v) is 1.97. The molecule has 50 valence electrons. The van der Waals surface area contributed by atoms with E-state index in [2.05, 4.69) is 4.99 Å². The molecule has 1 rings (SSSR count). The van der Waals surface area contributed by atoms with Gasteiger partial charge in [-0.3, -0.25) is 0 Å². The van der Waals surface area contributed by atoms with E-state index in [0.717, 1.165) is 23.6 Å². The molecule has 3 heteroatoms. The van der Waals surface area contributed by atoms with Gasteiger partial charge in [-0.2, -0.15) is 0 Å². The first kappa shape index (κ1) is 7.10. The van der Waals surface area contributed by atoms with Crippen molar-refractivity contribution in [3.63, 3.8) is 0 Å². The highest BCUT2D eigenvalue weighted by Crippen LogP contribution is 2.22. The molecule has 0 fully saturated rings. The molecule has 0 saturated heterocycles. The second kappa shape index (κ2) is 2.72. The lowest BCUT2D eigenvalue weighted by atomic mass is 10.2.